The van der Waals surface area contributed by atoms with E-state index in [-0.39, 0.29) is 0 Å². The Balaban J connectivity index is 2.12. The van der Waals surface area contributed by atoms with E-state index < -0.39 is 5.60 Å². The molecule has 0 amide bonds. The Hall–Kier alpha value is -1.71. The largest absolute Gasteiger partial charge is 0.375 e. The van der Waals surface area contributed by atoms with E-state index in [0.29, 0.717) is 5.01 Å². The Labute approximate surface area is 103 Å². The topological polar surface area (TPSA) is 33.1 Å². The lowest BCUT2D eigenvalue weighted by molar-refractivity contribution is 0.142. The normalized spacial score (nSPS) is 17.8. The van der Waals surface area contributed by atoms with Gasteiger partial charge in [0.05, 0.1) is 10.2 Å². The highest BCUT2D eigenvalue weighted by molar-refractivity contribution is 7.18. The molecule has 1 aliphatic carbocycles. The van der Waals surface area contributed by atoms with Crippen molar-refractivity contribution in [2.75, 3.05) is 0 Å². The molecule has 84 valence electrons. The summed E-state index contributed by atoms with van der Waals surface area (Å²) in [5.41, 5.74) is 0.716. The predicted molar refractivity (Wildman–Crippen MR) is 70.9 cm³/mol. The zero-order chi connectivity index (χ0) is 11.9. The fraction of sp³-hybridized carbons (Fsp3) is 0.0714. The molecule has 0 aliphatic heterocycles. The number of para-hydroxylation sites is 1. The molecule has 17 heavy (non-hydrogen) atoms. The van der Waals surface area contributed by atoms with Crippen LogP contribution in [-0.4, -0.2) is 10.1 Å². The molecule has 0 fully saturated rings. The first-order chi connectivity index (χ1) is 8.17. The highest BCUT2D eigenvalue weighted by Crippen LogP contribution is 2.34. The van der Waals surface area contributed by atoms with E-state index in [9.17, 15) is 5.11 Å². The average Bonchev–Trinajstić information content (AvgIpc) is 2.77. The zero-order valence-electron chi connectivity index (χ0n) is 9.13. The third-order valence-electron chi connectivity index (χ3n) is 2.74. The number of nitrogens with zero attached hydrogens (tertiary/aromatic N) is 1. The Morgan fingerprint density at radius 3 is 2.59 bits per heavy atom. The number of thiazole rings is 1. The van der Waals surface area contributed by atoms with Gasteiger partial charge in [0.2, 0.25) is 0 Å². The molecule has 0 saturated carbocycles. The first-order valence-corrected chi connectivity index (χ1v) is 6.15. The number of rotatable bonds is 1. The summed E-state index contributed by atoms with van der Waals surface area (Å²) in [7, 11) is 0. The maximum atomic E-state index is 10.5. The van der Waals surface area contributed by atoms with Crippen LogP contribution in [0, 0.1) is 0 Å². The van der Waals surface area contributed by atoms with Crippen molar-refractivity contribution in [2.24, 2.45) is 0 Å². The van der Waals surface area contributed by atoms with Gasteiger partial charge in [0.1, 0.15) is 5.01 Å². The Morgan fingerprint density at radius 1 is 1.18 bits per heavy atom. The van der Waals surface area contributed by atoms with Crippen LogP contribution in [0.15, 0.2) is 60.7 Å². The molecule has 3 heteroatoms. The van der Waals surface area contributed by atoms with Crippen molar-refractivity contribution in [3.8, 4) is 0 Å². The molecule has 0 unspecified atom stereocenters. The minimum absolute atomic E-state index is 0.693. The quantitative estimate of drug-likeness (QED) is 0.832. The second kappa shape index (κ2) is 3.65. The SMILES string of the molecule is C=C1C=CC(O)(c2nc3ccccc3s2)C=C1. The summed E-state index contributed by atoms with van der Waals surface area (Å²) >= 11 is 1.51. The van der Waals surface area contributed by atoms with Gasteiger partial charge in [0.25, 0.3) is 0 Å². The summed E-state index contributed by atoms with van der Waals surface area (Å²) in [6, 6.07) is 7.88. The average molecular weight is 241 g/mol. The van der Waals surface area contributed by atoms with Crippen molar-refractivity contribution in [1.82, 2.24) is 4.98 Å². The molecular weight excluding hydrogens is 230 g/mol. The lowest BCUT2D eigenvalue weighted by Crippen LogP contribution is -2.21. The zero-order valence-corrected chi connectivity index (χ0v) is 9.95. The van der Waals surface area contributed by atoms with Crippen molar-refractivity contribution < 1.29 is 5.11 Å². The molecule has 2 nitrogen and oxygen atoms in total. The van der Waals surface area contributed by atoms with Crippen LogP contribution in [0.1, 0.15) is 5.01 Å². The van der Waals surface area contributed by atoms with E-state index in [1.807, 2.05) is 36.4 Å². The minimum Gasteiger partial charge on any atom is -0.375 e. The standard InChI is InChI=1S/C14H11NOS/c1-10-6-8-14(16,9-7-10)13-15-11-4-2-3-5-12(11)17-13/h2-9,16H,1H2. The molecule has 1 aliphatic rings. The maximum absolute atomic E-state index is 10.5. The molecule has 0 saturated heterocycles. The predicted octanol–water partition coefficient (Wildman–Crippen LogP) is 3.17. The Bertz CT molecular complexity index is 602. The summed E-state index contributed by atoms with van der Waals surface area (Å²) in [6.07, 6.45) is 7.08. The number of benzene rings is 1. The van der Waals surface area contributed by atoms with Gasteiger partial charge in [0, 0.05) is 0 Å². The number of hydrogen-bond donors (Lipinski definition) is 1. The van der Waals surface area contributed by atoms with Crippen molar-refractivity contribution in [2.45, 2.75) is 5.60 Å². The summed E-state index contributed by atoms with van der Waals surface area (Å²) in [5, 5.41) is 11.2. The van der Waals surface area contributed by atoms with Crippen LogP contribution in [0.5, 0.6) is 0 Å². The van der Waals surface area contributed by atoms with Crippen molar-refractivity contribution in [3.05, 3.63) is 65.7 Å². The summed E-state index contributed by atoms with van der Waals surface area (Å²) in [5.74, 6) is 0. The Morgan fingerprint density at radius 2 is 1.88 bits per heavy atom. The van der Waals surface area contributed by atoms with Crippen LogP contribution in [0.3, 0.4) is 0 Å². The van der Waals surface area contributed by atoms with E-state index in [4.69, 9.17) is 0 Å². The van der Waals surface area contributed by atoms with Gasteiger partial charge in [-0.05, 0) is 29.9 Å². The van der Waals surface area contributed by atoms with Gasteiger partial charge < -0.3 is 5.11 Å². The van der Waals surface area contributed by atoms with E-state index in [2.05, 4.69) is 11.6 Å². The van der Waals surface area contributed by atoms with Gasteiger partial charge in [-0.1, -0.05) is 30.9 Å². The first kappa shape index (κ1) is 10.4. The third kappa shape index (κ3) is 1.73. The molecule has 1 aromatic carbocycles. The van der Waals surface area contributed by atoms with E-state index in [1.54, 1.807) is 12.2 Å². The molecule has 0 spiro atoms. The van der Waals surface area contributed by atoms with Crippen molar-refractivity contribution >= 4 is 21.6 Å². The van der Waals surface area contributed by atoms with Gasteiger partial charge >= 0.3 is 0 Å². The Kier molecular flexibility index (Phi) is 2.24. The molecule has 0 radical (unpaired) electrons. The number of allylic oxidation sites excluding steroid dienone is 3. The first-order valence-electron chi connectivity index (χ1n) is 5.33. The van der Waals surface area contributed by atoms with Gasteiger partial charge in [-0.25, -0.2) is 4.98 Å². The fourth-order valence-corrected chi connectivity index (χ4v) is 2.78. The maximum Gasteiger partial charge on any atom is 0.153 e. The van der Waals surface area contributed by atoms with Crippen LogP contribution in [0.25, 0.3) is 10.2 Å². The highest BCUT2D eigenvalue weighted by Gasteiger charge is 2.28. The van der Waals surface area contributed by atoms with Crippen LogP contribution < -0.4 is 0 Å². The second-order valence-corrected chi connectivity index (χ2v) is 5.08. The number of hydrogen-bond acceptors (Lipinski definition) is 3. The number of aromatic nitrogens is 1. The molecule has 2 aromatic rings. The second-order valence-electron chi connectivity index (χ2n) is 4.05. The molecular formula is C14H11NOS. The van der Waals surface area contributed by atoms with E-state index in [0.717, 1.165) is 15.8 Å². The van der Waals surface area contributed by atoms with E-state index >= 15 is 0 Å². The summed E-state index contributed by atoms with van der Waals surface area (Å²) in [6.45, 7) is 3.81. The van der Waals surface area contributed by atoms with Crippen LogP contribution in [0.4, 0.5) is 0 Å². The molecule has 0 atom stereocenters. The minimum atomic E-state index is -1.09. The molecule has 0 bridgehead atoms. The van der Waals surface area contributed by atoms with Crippen LogP contribution in [0.2, 0.25) is 0 Å². The van der Waals surface area contributed by atoms with Crippen molar-refractivity contribution in [1.29, 1.82) is 0 Å². The smallest absolute Gasteiger partial charge is 0.153 e. The van der Waals surface area contributed by atoms with Gasteiger partial charge in [-0.3, -0.25) is 0 Å². The molecule has 1 N–H and O–H groups in total. The lowest BCUT2D eigenvalue weighted by Gasteiger charge is -2.20. The van der Waals surface area contributed by atoms with Gasteiger partial charge in [0.15, 0.2) is 5.60 Å². The monoisotopic (exact) mass is 241 g/mol. The molecule has 3 rings (SSSR count). The van der Waals surface area contributed by atoms with Crippen LogP contribution >= 0.6 is 11.3 Å². The van der Waals surface area contributed by atoms with Gasteiger partial charge in [-0.15, -0.1) is 11.3 Å². The van der Waals surface area contributed by atoms with Crippen molar-refractivity contribution in [3.63, 3.8) is 0 Å². The van der Waals surface area contributed by atoms with Gasteiger partial charge in [-0.2, -0.15) is 0 Å². The number of aliphatic hydroxyl groups is 1. The third-order valence-corrected chi connectivity index (χ3v) is 3.92. The highest BCUT2D eigenvalue weighted by atomic mass is 32.1. The number of fused-ring (bicyclic) bond motifs is 1. The molecule has 1 aromatic heterocycles. The summed E-state index contributed by atoms with van der Waals surface area (Å²) in [4.78, 5) is 4.47. The lowest BCUT2D eigenvalue weighted by atomic mass is 9.97. The molecule has 1 heterocycles. The van der Waals surface area contributed by atoms with Crippen LogP contribution in [-0.2, 0) is 5.60 Å². The summed E-state index contributed by atoms with van der Waals surface area (Å²) < 4.78 is 1.09. The fourth-order valence-electron chi connectivity index (χ4n) is 1.77. The van der Waals surface area contributed by atoms with E-state index in [1.165, 1.54) is 11.3 Å².